The smallest absolute Gasteiger partial charge is 0.221 e. The van der Waals surface area contributed by atoms with Crippen molar-refractivity contribution < 1.29 is 9.18 Å². The minimum Gasteiger partial charge on any atom is -0.369 e. The van der Waals surface area contributed by atoms with Gasteiger partial charge in [0.25, 0.3) is 0 Å². The van der Waals surface area contributed by atoms with Gasteiger partial charge in [-0.2, -0.15) is 0 Å². The molecule has 7 heteroatoms. The van der Waals surface area contributed by atoms with Crippen LogP contribution in [0.25, 0.3) is 0 Å². The van der Waals surface area contributed by atoms with Crippen LogP contribution >= 0.6 is 23.2 Å². The first-order valence-corrected chi connectivity index (χ1v) is 6.25. The quantitative estimate of drug-likeness (QED) is 0.865. The highest BCUT2D eigenvalue weighted by molar-refractivity contribution is 6.32. The molecule has 1 saturated heterocycles. The van der Waals surface area contributed by atoms with Crippen LogP contribution in [0.2, 0.25) is 10.3 Å². The number of rotatable bonds is 3. The summed E-state index contributed by atoms with van der Waals surface area (Å²) in [6.07, 6.45) is 0.719. The fourth-order valence-corrected chi connectivity index (χ4v) is 2.42. The number of aromatic nitrogens is 1. The lowest BCUT2D eigenvalue weighted by Gasteiger charge is -2.16. The summed E-state index contributed by atoms with van der Waals surface area (Å²) < 4.78 is 13.3. The van der Waals surface area contributed by atoms with Crippen molar-refractivity contribution in [3.05, 3.63) is 27.8 Å². The van der Waals surface area contributed by atoms with Crippen LogP contribution in [-0.2, 0) is 11.3 Å². The minimum atomic E-state index is -0.596. The maximum atomic E-state index is 13.3. The third-order valence-corrected chi connectivity index (χ3v) is 3.62. The predicted octanol–water partition coefficient (Wildman–Crippen LogP) is 1.83. The van der Waals surface area contributed by atoms with Gasteiger partial charge in [-0.1, -0.05) is 23.2 Å². The van der Waals surface area contributed by atoms with Crippen LogP contribution in [0, 0.1) is 11.7 Å². The molecule has 2 N–H and O–H groups in total. The molecule has 1 amide bonds. The second-order valence-electron chi connectivity index (χ2n) is 4.33. The fraction of sp³-hybridized carbons (Fsp3) is 0.455. The van der Waals surface area contributed by atoms with E-state index in [1.165, 1.54) is 6.07 Å². The SMILES string of the molecule is NC(=O)[C@H]1CCN(Cc2cc(F)c(Cl)nc2Cl)C1. The normalized spacial score (nSPS) is 20.3. The number of carbonyl (C=O) groups is 1. The van der Waals surface area contributed by atoms with E-state index in [9.17, 15) is 9.18 Å². The van der Waals surface area contributed by atoms with Crippen LogP contribution in [0.15, 0.2) is 6.07 Å². The van der Waals surface area contributed by atoms with Gasteiger partial charge in [0, 0.05) is 18.7 Å². The highest BCUT2D eigenvalue weighted by atomic mass is 35.5. The molecule has 0 unspecified atom stereocenters. The maximum absolute atomic E-state index is 13.3. The van der Waals surface area contributed by atoms with Crippen molar-refractivity contribution in [2.24, 2.45) is 11.7 Å². The van der Waals surface area contributed by atoms with E-state index < -0.39 is 5.82 Å². The Labute approximate surface area is 114 Å². The number of nitrogens with two attached hydrogens (primary N) is 1. The number of likely N-dealkylation sites (tertiary alicyclic amines) is 1. The Bertz CT molecular complexity index is 484. The standard InChI is InChI=1S/C11H12Cl2FN3O/c12-9-7(3-8(14)10(13)16-9)5-17-2-1-6(4-17)11(15)18/h3,6H,1-2,4-5H2,(H2,15,18)/t6-/m0/s1. The first-order valence-electron chi connectivity index (χ1n) is 5.49. The van der Waals surface area contributed by atoms with E-state index in [0.717, 1.165) is 13.0 Å². The molecule has 1 atom stereocenters. The minimum absolute atomic E-state index is 0.145. The van der Waals surface area contributed by atoms with Gasteiger partial charge in [0.05, 0.1) is 5.92 Å². The number of hydrogen-bond donors (Lipinski definition) is 1. The summed E-state index contributed by atoms with van der Waals surface area (Å²) in [5, 5.41) is -0.0518. The number of hydrogen-bond acceptors (Lipinski definition) is 3. The van der Waals surface area contributed by atoms with Gasteiger partial charge in [0.2, 0.25) is 5.91 Å². The van der Waals surface area contributed by atoms with Gasteiger partial charge >= 0.3 is 0 Å². The molecule has 1 aromatic heterocycles. The lowest BCUT2D eigenvalue weighted by Crippen LogP contribution is -2.27. The third kappa shape index (κ3) is 2.91. The van der Waals surface area contributed by atoms with Gasteiger partial charge in [-0.15, -0.1) is 0 Å². The average Bonchev–Trinajstić information content (AvgIpc) is 2.74. The molecular weight excluding hydrogens is 280 g/mol. The summed E-state index contributed by atoms with van der Waals surface area (Å²) in [5.74, 6) is -1.04. The van der Waals surface area contributed by atoms with Crippen molar-refractivity contribution in [1.82, 2.24) is 9.88 Å². The number of amides is 1. The van der Waals surface area contributed by atoms with Crippen LogP contribution in [0.3, 0.4) is 0 Å². The van der Waals surface area contributed by atoms with Crippen LogP contribution in [0.4, 0.5) is 4.39 Å². The number of nitrogens with zero attached hydrogens (tertiary/aromatic N) is 2. The molecule has 1 aromatic rings. The molecule has 18 heavy (non-hydrogen) atoms. The van der Waals surface area contributed by atoms with E-state index in [1.807, 2.05) is 4.90 Å². The molecule has 0 bridgehead atoms. The van der Waals surface area contributed by atoms with E-state index in [1.54, 1.807) is 0 Å². The van der Waals surface area contributed by atoms with Crippen LogP contribution in [0.5, 0.6) is 0 Å². The maximum Gasteiger partial charge on any atom is 0.221 e. The largest absolute Gasteiger partial charge is 0.369 e. The Morgan fingerprint density at radius 3 is 2.89 bits per heavy atom. The van der Waals surface area contributed by atoms with E-state index in [4.69, 9.17) is 28.9 Å². The molecule has 0 radical (unpaired) electrons. The first kappa shape index (κ1) is 13.5. The zero-order valence-electron chi connectivity index (χ0n) is 9.50. The number of primary amides is 1. The van der Waals surface area contributed by atoms with Crippen molar-refractivity contribution >= 4 is 29.1 Å². The average molecular weight is 292 g/mol. The van der Waals surface area contributed by atoms with Crippen LogP contribution in [0.1, 0.15) is 12.0 Å². The van der Waals surface area contributed by atoms with E-state index in [0.29, 0.717) is 18.7 Å². The van der Waals surface area contributed by atoms with Crippen molar-refractivity contribution in [1.29, 1.82) is 0 Å². The highest BCUT2D eigenvalue weighted by Crippen LogP contribution is 2.24. The Balaban J connectivity index is 2.07. The summed E-state index contributed by atoms with van der Waals surface area (Å²) >= 11 is 11.4. The third-order valence-electron chi connectivity index (χ3n) is 3.03. The molecule has 2 rings (SSSR count). The Kier molecular flexibility index (Phi) is 4.04. The highest BCUT2D eigenvalue weighted by Gasteiger charge is 2.27. The van der Waals surface area contributed by atoms with Crippen molar-refractivity contribution in [3.8, 4) is 0 Å². The topological polar surface area (TPSA) is 59.2 Å². The number of pyridine rings is 1. The Morgan fingerprint density at radius 2 is 2.28 bits per heavy atom. The van der Waals surface area contributed by atoms with Gasteiger partial charge in [-0.05, 0) is 19.0 Å². The molecule has 2 heterocycles. The molecule has 1 aliphatic heterocycles. The monoisotopic (exact) mass is 291 g/mol. The Morgan fingerprint density at radius 1 is 1.56 bits per heavy atom. The molecule has 1 aliphatic rings. The van der Waals surface area contributed by atoms with Gasteiger partial charge in [-0.25, -0.2) is 9.37 Å². The zero-order valence-corrected chi connectivity index (χ0v) is 11.0. The van der Waals surface area contributed by atoms with Gasteiger partial charge in [0.15, 0.2) is 11.0 Å². The van der Waals surface area contributed by atoms with Crippen LogP contribution in [-0.4, -0.2) is 28.9 Å². The van der Waals surface area contributed by atoms with Gasteiger partial charge in [0.1, 0.15) is 5.15 Å². The van der Waals surface area contributed by atoms with Crippen LogP contribution < -0.4 is 5.73 Å². The summed E-state index contributed by atoms with van der Waals surface area (Å²) in [6, 6.07) is 1.27. The van der Waals surface area contributed by atoms with E-state index >= 15 is 0 Å². The summed E-state index contributed by atoms with van der Waals surface area (Å²) in [4.78, 5) is 16.7. The Hall–Kier alpha value is -0.910. The van der Waals surface area contributed by atoms with E-state index in [2.05, 4.69) is 4.98 Å². The first-order chi connectivity index (χ1) is 8.47. The molecular formula is C11H12Cl2FN3O. The summed E-state index contributed by atoms with van der Waals surface area (Å²) in [6.45, 7) is 1.73. The van der Waals surface area contributed by atoms with Crippen molar-refractivity contribution in [2.75, 3.05) is 13.1 Å². The lowest BCUT2D eigenvalue weighted by molar-refractivity contribution is -0.121. The number of halogens is 3. The molecule has 98 valence electrons. The molecule has 0 aliphatic carbocycles. The second-order valence-corrected chi connectivity index (χ2v) is 5.05. The van der Waals surface area contributed by atoms with Gasteiger partial charge in [-0.3, -0.25) is 9.69 Å². The molecule has 1 fully saturated rings. The molecule has 0 aromatic carbocycles. The predicted molar refractivity (Wildman–Crippen MR) is 66.8 cm³/mol. The molecule has 0 spiro atoms. The van der Waals surface area contributed by atoms with Gasteiger partial charge < -0.3 is 5.73 Å². The lowest BCUT2D eigenvalue weighted by atomic mass is 10.1. The van der Waals surface area contributed by atoms with Crippen molar-refractivity contribution in [2.45, 2.75) is 13.0 Å². The second kappa shape index (κ2) is 5.38. The molecule has 0 saturated carbocycles. The summed E-state index contributed by atoms with van der Waals surface area (Å²) in [5.41, 5.74) is 5.80. The molecule has 4 nitrogen and oxygen atoms in total. The van der Waals surface area contributed by atoms with E-state index in [-0.39, 0.29) is 22.1 Å². The van der Waals surface area contributed by atoms with Crippen molar-refractivity contribution in [3.63, 3.8) is 0 Å². The summed E-state index contributed by atoms with van der Waals surface area (Å²) in [7, 11) is 0. The number of carbonyl (C=O) groups excluding carboxylic acids is 1. The fourth-order valence-electron chi connectivity index (χ4n) is 2.04. The zero-order chi connectivity index (χ0) is 13.3.